The van der Waals surface area contributed by atoms with Crippen molar-refractivity contribution in [3.63, 3.8) is 0 Å². The molecule has 0 heterocycles. The number of nitrogens with two attached hydrogens (primary N) is 1. The molecule has 4 heteroatoms. The van der Waals surface area contributed by atoms with Crippen molar-refractivity contribution in [1.82, 2.24) is 0 Å². The van der Waals surface area contributed by atoms with Gasteiger partial charge in [-0.05, 0) is 29.8 Å². The number of methoxy groups -OCH3 is 1. The predicted molar refractivity (Wildman–Crippen MR) is 75.3 cm³/mol. The number of carbonyl (C=O) groups is 1. The molecule has 0 unspecified atom stereocenters. The molecule has 2 aromatic carbocycles. The minimum absolute atomic E-state index is 0.163. The molecule has 0 atom stereocenters. The van der Waals surface area contributed by atoms with Crippen LogP contribution in [0.5, 0.6) is 5.75 Å². The van der Waals surface area contributed by atoms with Crippen LogP contribution in [0, 0.1) is 0 Å². The first kappa shape index (κ1) is 13.1. The van der Waals surface area contributed by atoms with Crippen molar-refractivity contribution in [1.29, 1.82) is 0 Å². The van der Waals surface area contributed by atoms with E-state index < -0.39 is 0 Å². The lowest BCUT2D eigenvalue weighted by atomic mass is 10.1. The van der Waals surface area contributed by atoms with Crippen LogP contribution in [0.2, 0.25) is 0 Å². The molecule has 0 aliphatic rings. The summed E-state index contributed by atoms with van der Waals surface area (Å²) in [5, 5.41) is 2.82. The molecule has 0 spiro atoms. The number of nitrogens with one attached hydrogen (secondary N) is 1. The summed E-state index contributed by atoms with van der Waals surface area (Å²) in [4.78, 5) is 12.1. The van der Waals surface area contributed by atoms with E-state index >= 15 is 0 Å². The molecule has 0 aliphatic carbocycles. The highest BCUT2D eigenvalue weighted by atomic mass is 16.5. The largest absolute Gasteiger partial charge is 0.497 e. The first-order valence-electron chi connectivity index (χ1n) is 5.97. The van der Waals surface area contributed by atoms with Crippen molar-refractivity contribution in [2.45, 2.75) is 6.54 Å². The number of rotatable bonds is 4. The molecule has 0 aromatic heterocycles. The van der Waals surface area contributed by atoms with Crippen LogP contribution in [0.25, 0.3) is 0 Å². The molecular weight excluding hydrogens is 240 g/mol. The average molecular weight is 256 g/mol. The monoisotopic (exact) mass is 256 g/mol. The van der Waals surface area contributed by atoms with Crippen molar-refractivity contribution >= 4 is 11.6 Å². The van der Waals surface area contributed by atoms with E-state index in [1.54, 1.807) is 25.3 Å². The average Bonchev–Trinajstić information content (AvgIpc) is 2.47. The van der Waals surface area contributed by atoms with Gasteiger partial charge < -0.3 is 15.8 Å². The standard InChI is InChI=1S/C15H16N2O2/c1-19-14-7-3-6-13(9-14)17-15(18)12-5-2-4-11(8-12)10-16/h2-9H,10,16H2,1H3,(H,17,18). The summed E-state index contributed by atoms with van der Waals surface area (Å²) in [6, 6.07) is 14.5. The number of carbonyl (C=O) groups excluding carboxylic acids is 1. The van der Waals surface area contributed by atoms with Gasteiger partial charge >= 0.3 is 0 Å². The number of hydrogen-bond acceptors (Lipinski definition) is 3. The Kier molecular flexibility index (Phi) is 4.15. The number of anilines is 1. The Hall–Kier alpha value is -2.33. The van der Waals surface area contributed by atoms with Crippen LogP contribution in [0.1, 0.15) is 15.9 Å². The van der Waals surface area contributed by atoms with Gasteiger partial charge in [0.1, 0.15) is 5.75 Å². The summed E-state index contributed by atoms with van der Waals surface area (Å²) >= 11 is 0. The Balaban J connectivity index is 2.15. The van der Waals surface area contributed by atoms with Gasteiger partial charge in [0.15, 0.2) is 0 Å². The van der Waals surface area contributed by atoms with Crippen LogP contribution in [0.15, 0.2) is 48.5 Å². The summed E-state index contributed by atoms with van der Waals surface area (Å²) in [6.07, 6.45) is 0. The van der Waals surface area contributed by atoms with E-state index in [2.05, 4.69) is 5.32 Å². The van der Waals surface area contributed by atoms with Crippen molar-refractivity contribution < 1.29 is 9.53 Å². The van der Waals surface area contributed by atoms with Crippen molar-refractivity contribution in [3.8, 4) is 5.75 Å². The van der Waals surface area contributed by atoms with Crippen molar-refractivity contribution in [2.75, 3.05) is 12.4 Å². The summed E-state index contributed by atoms with van der Waals surface area (Å²) in [5.41, 5.74) is 7.78. The van der Waals surface area contributed by atoms with Crippen LogP contribution < -0.4 is 15.8 Å². The van der Waals surface area contributed by atoms with Gasteiger partial charge in [-0.2, -0.15) is 0 Å². The summed E-state index contributed by atoms with van der Waals surface area (Å²) < 4.78 is 5.11. The summed E-state index contributed by atoms with van der Waals surface area (Å²) in [7, 11) is 1.59. The maximum Gasteiger partial charge on any atom is 0.255 e. The van der Waals surface area contributed by atoms with E-state index in [-0.39, 0.29) is 5.91 Å². The molecule has 0 fully saturated rings. The van der Waals surface area contributed by atoms with Crippen LogP contribution in [-0.4, -0.2) is 13.0 Å². The van der Waals surface area contributed by atoms with E-state index in [4.69, 9.17) is 10.5 Å². The second-order valence-corrected chi connectivity index (χ2v) is 4.09. The Morgan fingerprint density at radius 2 is 2.00 bits per heavy atom. The van der Waals surface area contributed by atoms with E-state index in [1.165, 1.54) is 0 Å². The summed E-state index contributed by atoms with van der Waals surface area (Å²) in [5.74, 6) is 0.539. The zero-order valence-electron chi connectivity index (χ0n) is 10.7. The second-order valence-electron chi connectivity index (χ2n) is 4.09. The SMILES string of the molecule is COc1cccc(NC(=O)c2cccc(CN)c2)c1. The molecule has 0 saturated heterocycles. The van der Waals surface area contributed by atoms with Gasteiger partial charge in [0, 0.05) is 23.9 Å². The van der Waals surface area contributed by atoms with Crippen LogP contribution in [0.3, 0.4) is 0 Å². The van der Waals surface area contributed by atoms with Crippen LogP contribution in [-0.2, 0) is 6.54 Å². The third-order valence-corrected chi connectivity index (χ3v) is 2.75. The fraction of sp³-hybridized carbons (Fsp3) is 0.133. The smallest absolute Gasteiger partial charge is 0.255 e. The fourth-order valence-corrected chi connectivity index (χ4v) is 1.74. The zero-order chi connectivity index (χ0) is 13.7. The number of amides is 1. The highest BCUT2D eigenvalue weighted by Crippen LogP contribution is 2.17. The normalized spacial score (nSPS) is 10.0. The Bertz CT molecular complexity index is 582. The van der Waals surface area contributed by atoms with Gasteiger partial charge in [0.05, 0.1) is 7.11 Å². The van der Waals surface area contributed by atoms with Gasteiger partial charge in [0.2, 0.25) is 0 Å². The lowest BCUT2D eigenvalue weighted by Crippen LogP contribution is -2.12. The lowest BCUT2D eigenvalue weighted by Gasteiger charge is -2.07. The van der Waals surface area contributed by atoms with Crippen molar-refractivity contribution in [2.24, 2.45) is 5.73 Å². The molecule has 2 rings (SSSR count). The predicted octanol–water partition coefficient (Wildman–Crippen LogP) is 2.41. The van der Waals surface area contributed by atoms with Gasteiger partial charge in [-0.15, -0.1) is 0 Å². The Labute approximate surface area is 112 Å². The molecule has 4 nitrogen and oxygen atoms in total. The highest BCUT2D eigenvalue weighted by Gasteiger charge is 2.06. The third kappa shape index (κ3) is 3.33. The molecule has 0 bridgehead atoms. The first-order valence-corrected chi connectivity index (χ1v) is 5.97. The maximum atomic E-state index is 12.1. The molecule has 0 aliphatic heterocycles. The van der Waals surface area contributed by atoms with Gasteiger partial charge in [-0.1, -0.05) is 18.2 Å². The highest BCUT2D eigenvalue weighted by molar-refractivity contribution is 6.04. The van der Waals surface area contributed by atoms with Gasteiger partial charge in [-0.25, -0.2) is 0 Å². The zero-order valence-corrected chi connectivity index (χ0v) is 10.7. The Morgan fingerprint density at radius 3 is 2.74 bits per heavy atom. The fourth-order valence-electron chi connectivity index (χ4n) is 1.74. The molecule has 98 valence electrons. The number of ether oxygens (including phenoxy) is 1. The molecule has 2 aromatic rings. The third-order valence-electron chi connectivity index (χ3n) is 2.75. The number of hydrogen-bond donors (Lipinski definition) is 2. The topological polar surface area (TPSA) is 64.3 Å². The minimum atomic E-state index is -0.163. The van der Waals surface area contributed by atoms with Gasteiger partial charge in [-0.3, -0.25) is 4.79 Å². The van der Waals surface area contributed by atoms with Crippen LogP contribution >= 0.6 is 0 Å². The quantitative estimate of drug-likeness (QED) is 0.883. The van der Waals surface area contributed by atoms with Gasteiger partial charge in [0.25, 0.3) is 5.91 Å². The van der Waals surface area contributed by atoms with E-state index in [1.807, 2.05) is 30.3 Å². The van der Waals surface area contributed by atoms with Crippen molar-refractivity contribution in [3.05, 3.63) is 59.7 Å². The second kappa shape index (κ2) is 6.02. The van der Waals surface area contributed by atoms with Crippen LogP contribution in [0.4, 0.5) is 5.69 Å². The maximum absolute atomic E-state index is 12.1. The Morgan fingerprint density at radius 1 is 1.21 bits per heavy atom. The minimum Gasteiger partial charge on any atom is -0.497 e. The molecular formula is C15H16N2O2. The molecule has 0 radical (unpaired) electrons. The number of benzene rings is 2. The summed E-state index contributed by atoms with van der Waals surface area (Å²) in [6.45, 7) is 0.417. The van der Waals surface area contributed by atoms with E-state index in [9.17, 15) is 4.79 Å². The molecule has 19 heavy (non-hydrogen) atoms. The molecule has 1 amide bonds. The molecule has 3 N–H and O–H groups in total. The van der Waals surface area contributed by atoms with E-state index in [0.29, 0.717) is 23.5 Å². The first-order chi connectivity index (χ1) is 9.22. The lowest BCUT2D eigenvalue weighted by molar-refractivity contribution is 0.102. The molecule has 0 saturated carbocycles. The van der Waals surface area contributed by atoms with E-state index in [0.717, 1.165) is 5.56 Å².